The maximum Gasteiger partial charge on any atom is 0.236 e. The minimum Gasteiger partial charge on any atom is -0.337 e. The lowest BCUT2D eigenvalue weighted by molar-refractivity contribution is -0.133. The minimum absolute atomic E-state index is 0.143. The zero-order valence-electron chi connectivity index (χ0n) is 16.2. The fourth-order valence-corrected chi connectivity index (χ4v) is 4.06. The molecule has 0 radical (unpaired) electrons. The summed E-state index contributed by atoms with van der Waals surface area (Å²) in [6.45, 7) is 10.2. The highest BCUT2D eigenvalue weighted by Crippen LogP contribution is 2.40. The topological polar surface area (TPSA) is 51.0 Å². The number of amides is 1. The lowest BCUT2D eigenvalue weighted by atomic mass is 10.2. The van der Waals surface area contributed by atoms with Gasteiger partial charge in [-0.05, 0) is 59.6 Å². The summed E-state index contributed by atoms with van der Waals surface area (Å²) >= 11 is 1.46. The van der Waals surface area contributed by atoms with Crippen LogP contribution in [0, 0.1) is 0 Å². The molecule has 0 N–H and O–H groups in total. The number of carbonyl (C=O) groups is 1. The molecule has 3 rings (SSSR count). The van der Waals surface area contributed by atoms with Gasteiger partial charge in [-0.2, -0.15) is 0 Å². The van der Waals surface area contributed by atoms with Gasteiger partial charge in [0, 0.05) is 18.0 Å². The number of hydrogen-bond acceptors (Lipinski definition) is 4. The highest BCUT2D eigenvalue weighted by Gasteiger charge is 2.32. The first kappa shape index (κ1) is 19.0. The summed E-state index contributed by atoms with van der Waals surface area (Å²) < 4.78 is 1.94. The smallest absolute Gasteiger partial charge is 0.236 e. The van der Waals surface area contributed by atoms with Crippen LogP contribution in [0.5, 0.6) is 0 Å². The van der Waals surface area contributed by atoms with Gasteiger partial charge in [0.05, 0.1) is 10.9 Å². The monoisotopic (exact) mass is 372 g/mol. The van der Waals surface area contributed by atoms with E-state index in [0.717, 1.165) is 11.5 Å². The maximum atomic E-state index is 12.9. The standard InChI is InChI=1S/C20H28N4OS/c1-13(2)23(14(3)4)19(25)15(5)26-20-21-18(16-11-12-16)24(22-20)17-9-7-6-8-10-17/h6-10,13-16H,11-12H2,1-5H3/t15-/m0/s1. The molecule has 1 aliphatic rings. The molecule has 5 nitrogen and oxygen atoms in total. The average Bonchev–Trinajstić information content (AvgIpc) is 3.35. The number of thioether (sulfide) groups is 1. The molecule has 1 aromatic heterocycles. The second-order valence-electron chi connectivity index (χ2n) is 7.47. The van der Waals surface area contributed by atoms with Crippen molar-refractivity contribution in [3.8, 4) is 5.69 Å². The van der Waals surface area contributed by atoms with Crippen molar-refractivity contribution in [1.82, 2.24) is 19.7 Å². The van der Waals surface area contributed by atoms with Gasteiger partial charge in [-0.15, -0.1) is 5.10 Å². The first-order valence-corrected chi connectivity index (χ1v) is 10.3. The number of rotatable bonds is 7. The molecule has 1 saturated carbocycles. The third kappa shape index (κ3) is 4.11. The lowest BCUT2D eigenvalue weighted by Crippen LogP contribution is -2.45. The van der Waals surface area contributed by atoms with E-state index in [-0.39, 0.29) is 23.2 Å². The number of carbonyl (C=O) groups excluding carboxylic acids is 1. The first-order chi connectivity index (χ1) is 12.4. The van der Waals surface area contributed by atoms with Crippen LogP contribution in [-0.4, -0.2) is 42.9 Å². The molecular formula is C20H28N4OS. The second-order valence-corrected chi connectivity index (χ2v) is 8.78. The van der Waals surface area contributed by atoms with Gasteiger partial charge < -0.3 is 4.90 Å². The van der Waals surface area contributed by atoms with Crippen molar-refractivity contribution in [3.05, 3.63) is 36.2 Å². The van der Waals surface area contributed by atoms with E-state index in [2.05, 4.69) is 27.7 Å². The van der Waals surface area contributed by atoms with Gasteiger partial charge in [0.25, 0.3) is 0 Å². The Kier molecular flexibility index (Phi) is 5.70. The van der Waals surface area contributed by atoms with E-state index in [9.17, 15) is 4.79 Å². The SMILES string of the molecule is CC(C)N(C(=O)[C@H](C)Sc1nc(C2CC2)n(-c2ccccc2)n1)C(C)C. The Balaban J connectivity index is 1.81. The molecule has 26 heavy (non-hydrogen) atoms. The quantitative estimate of drug-likeness (QED) is 0.681. The molecule has 0 spiro atoms. The van der Waals surface area contributed by atoms with Crippen LogP contribution in [0.2, 0.25) is 0 Å². The zero-order valence-corrected chi connectivity index (χ0v) is 17.0. The Labute approximate surface area is 160 Å². The predicted octanol–water partition coefficient (Wildman–Crippen LogP) is 4.27. The van der Waals surface area contributed by atoms with Crippen LogP contribution < -0.4 is 0 Å². The molecule has 1 fully saturated rings. The van der Waals surface area contributed by atoms with Gasteiger partial charge in [0.15, 0.2) is 0 Å². The Morgan fingerprint density at radius 1 is 1.12 bits per heavy atom. The number of aromatic nitrogens is 3. The van der Waals surface area contributed by atoms with Crippen molar-refractivity contribution in [2.24, 2.45) is 0 Å². The molecule has 0 unspecified atom stereocenters. The highest BCUT2D eigenvalue weighted by molar-refractivity contribution is 8.00. The van der Waals surface area contributed by atoms with Crippen molar-refractivity contribution in [1.29, 1.82) is 0 Å². The maximum absolute atomic E-state index is 12.9. The summed E-state index contributed by atoms with van der Waals surface area (Å²) in [5, 5.41) is 5.19. The van der Waals surface area contributed by atoms with Crippen LogP contribution in [0.3, 0.4) is 0 Å². The van der Waals surface area contributed by atoms with E-state index in [4.69, 9.17) is 10.1 Å². The summed E-state index contributed by atoms with van der Waals surface area (Å²) in [6.07, 6.45) is 2.33. The fourth-order valence-electron chi connectivity index (χ4n) is 3.24. The van der Waals surface area contributed by atoms with Gasteiger partial charge in [-0.1, -0.05) is 30.0 Å². The summed E-state index contributed by atoms with van der Waals surface area (Å²) in [5.74, 6) is 1.65. The summed E-state index contributed by atoms with van der Waals surface area (Å²) in [5.41, 5.74) is 1.03. The normalized spacial score (nSPS) is 15.5. The van der Waals surface area contributed by atoms with Crippen LogP contribution in [0.1, 0.15) is 59.2 Å². The molecular weight excluding hydrogens is 344 g/mol. The Bertz CT molecular complexity index is 744. The second kappa shape index (κ2) is 7.82. The fraction of sp³-hybridized carbons (Fsp3) is 0.550. The van der Waals surface area contributed by atoms with Crippen LogP contribution in [0.4, 0.5) is 0 Å². The molecule has 1 amide bonds. The van der Waals surface area contributed by atoms with Crippen molar-refractivity contribution >= 4 is 17.7 Å². The molecule has 0 aliphatic heterocycles. The van der Waals surface area contributed by atoms with Gasteiger partial charge in [0.2, 0.25) is 11.1 Å². The van der Waals surface area contributed by atoms with Gasteiger partial charge >= 0.3 is 0 Å². The van der Waals surface area contributed by atoms with E-state index in [1.54, 1.807) is 0 Å². The number of para-hydroxylation sites is 1. The van der Waals surface area contributed by atoms with Crippen LogP contribution >= 0.6 is 11.8 Å². The Hall–Kier alpha value is -1.82. The zero-order chi connectivity index (χ0) is 18.8. The molecule has 1 heterocycles. The van der Waals surface area contributed by atoms with Crippen molar-refractivity contribution in [3.63, 3.8) is 0 Å². The average molecular weight is 373 g/mol. The molecule has 1 aliphatic carbocycles. The molecule has 2 aromatic rings. The summed E-state index contributed by atoms with van der Waals surface area (Å²) in [6, 6.07) is 10.5. The first-order valence-electron chi connectivity index (χ1n) is 9.39. The van der Waals surface area contributed by atoms with E-state index in [0.29, 0.717) is 11.1 Å². The largest absolute Gasteiger partial charge is 0.337 e. The molecule has 0 bridgehead atoms. The van der Waals surface area contributed by atoms with E-state index < -0.39 is 0 Å². The van der Waals surface area contributed by atoms with E-state index >= 15 is 0 Å². The lowest BCUT2D eigenvalue weighted by Gasteiger charge is -2.32. The molecule has 1 atom stereocenters. The third-order valence-corrected chi connectivity index (χ3v) is 5.49. The van der Waals surface area contributed by atoms with Crippen molar-refractivity contribution < 1.29 is 4.79 Å². The molecule has 140 valence electrons. The van der Waals surface area contributed by atoms with Gasteiger partial charge in [0.1, 0.15) is 5.82 Å². The molecule has 0 saturated heterocycles. The van der Waals surface area contributed by atoms with Crippen molar-refractivity contribution in [2.75, 3.05) is 0 Å². The van der Waals surface area contributed by atoms with E-state index in [1.165, 1.54) is 24.6 Å². The Morgan fingerprint density at radius 3 is 2.27 bits per heavy atom. The van der Waals surface area contributed by atoms with Crippen molar-refractivity contribution in [2.45, 2.75) is 75.9 Å². The van der Waals surface area contributed by atoms with Crippen LogP contribution in [0.15, 0.2) is 35.5 Å². The third-order valence-electron chi connectivity index (χ3n) is 4.55. The van der Waals surface area contributed by atoms with E-state index in [1.807, 2.05) is 46.8 Å². The van der Waals surface area contributed by atoms with Crippen LogP contribution in [0.25, 0.3) is 5.69 Å². The molecule has 1 aromatic carbocycles. The number of nitrogens with zero attached hydrogens (tertiary/aromatic N) is 4. The highest BCUT2D eigenvalue weighted by atomic mass is 32.2. The summed E-state index contributed by atoms with van der Waals surface area (Å²) in [7, 11) is 0. The minimum atomic E-state index is -0.210. The predicted molar refractivity (Wildman–Crippen MR) is 106 cm³/mol. The number of hydrogen-bond donors (Lipinski definition) is 0. The molecule has 6 heteroatoms. The number of benzene rings is 1. The Morgan fingerprint density at radius 2 is 1.73 bits per heavy atom. The summed E-state index contributed by atoms with van der Waals surface area (Å²) in [4.78, 5) is 19.6. The van der Waals surface area contributed by atoms with Gasteiger partial charge in [-0.25, -0.2) is 9.67 Å². The van der Waals surface area contributed by atoms with Gasteiger partial charge in [-0.3, -0.25) is 4.79 Å². The van der Waals surface area contributed by atoms with Crippen LogP contribution in [-0.2, 0) is 4.79 Å².